The van der Waals surface area contributed by atoms with Crippen molar-refractivity contribution in [3.05, 3.63) is 58.9 Å². The lowest BCUT2D eigenvalue weighted by molar-refractivity contribution is 0.0595. The molecule has 0 radical (unpaired) electrons. The highest BCUT2D eigenvalue weighted by molar-refractivity contribution is 5.93. The average Bonchev–Trinajstić information content (AvgIpc) is 2.98. The van der Waals surface area contributed by atoms with E-state index in [0.29, 0.717) is 11.3 Å². The zero-order valence-corrected chi connectivity index (χ0v) is 13.2. The number of H-pyrrole nitrogens is 1. The van der Waals surface area contributed by atoms with Crippen molar-refractivity contribution < 1.29 is 9.53 Å². The molecule has 0 saturated heterocycles. The highest BCUT2D eigenvalue weighted by Gasteiger charge is 2.10. The molecule has 2 aromatic heterocycles. The smallest absolute Gasteiger partial charge is 0.354 e. The van der Waals surface area contributed by atoms with Crippen LogP contribution in [0.1, 0.15) is 27.2 Å². The molecule has 0 unspecified atom stereocenters. The number of rotatable bonds is 4. The van der Waals surface area contributed by atoms with Gasteiger partial charge in [-0.15, -0.1) is 0 Å². The summed E-state index contributed by atoms with van der Waals surface area (Å²) >= 11 is 0. The Morgan fingerprint density at radius 2 is 2.00 bits per heavy atom. The molecule has 0 aliphatic heterocycles. The first-order valence-corrected chi connectivity index (χ1v) is 7.48. The number of hydrogen-bond acceptors (Lipinski definition) is 4. The van der Waals surface area contributed by atoms with Gasteiger partial charge in [0.2, 0.25) is 0 Å². The summed E-state index contributed by atoms with van der Waals surface area (Å²) in [6.07, 6.45) is 3.59. The maximum atomic E-state index is 11.5. The molecule has 0 amide bonds. The lowest BCUT2D eigenvalue weighted by Crippen LogP contribution is -2.00. The van der Waals surface area contributed by atoms with Crippen molar-refractivity contribution in [3.8, 4) is 0 Å². The van der Waals surface area contributed by atoms with Gasteiger partial charge in [0.05, 0.1) is 7.11 Å². The van der Waals surface area contributed by atoms with E-state index in [-0.39, 0.29) is 5.97 Å². The van der Waals surface area contributed by atoms with Crippen molar-refractivity contribution in [2.45, 2.75) is 19.8 Å². The van der Waals surface area contributed by atoms with Crippen LogP contribution >= 0.6 is 0 Å². The number of benzene rings is 1. The fourth-order valence-electron chi connectivity index (χ4n) is 2.55. The second kappa shape index (κ2) is 6.12. The van der Waals surface area contributed by atoms with Crippen molar-refractivity contribution in [2.75, 3.05) is 12.8 Å². The number of aromatic amines is 1. The zero-order valence-electron chi connectivity index (χ0n) is 13.2. The van der Waals surface area contributed by atoms with Gasteiger partial charge in [0.1, 0.15) is 11.3 Å². The van der Waals surface area contributed by atoms with Crippen LogP contribution in [0.3, 0.4) is 0 Å². The van der Waals surface area contributed by atoms with Gasteiger partial charge in [-0.3, -0.25) is 0 Å². The van der Waals surface area contributed by atoms with E-state index >= 15 is 0 Å². The summed E-state index contributed by atoms with van der Waals surface area (Å²) in [5, 5.41) is 0.909. The number of anilines is 1. The van der Waals surface area contributed by atoms with Crippen LogP contribution in [0.5, 0.6) is 0 Å². The fraction of sp³-hybridized carbons (Fsp3) is 0.222. The number of fused-ring (bicyclic) bond motifs is 1. The quantitative estimate of drug-likeness (QED) is 0.573. The van der Waals surface area contributed by atoms with Gasteiger partial charge in [0.15, 0.2) is 0 Å². The van der Waals surface area contributed by atoms with Gasteiger partial charge in [0.25, 0.3) is 0 Å². The number of aromatic nitrogens is 2. The first kappa shape index (κ1) is 15.1. The number of ether oxygens (including phenoxy) is 1. The minimum atomic E-state index is -0.389. The van der Waals surface area contributed by atoms with Crippen LogP contribution in [0.25, 0.3) is 11.0 Å². The molecule has 3 rings (SSSR count). The molecule has 0 fully saturated rings. The second-order valence-electron chi connectivity index (χ2n) is 5.65. The molecule has 5 heteroatoms. The summed E-state index contributed by atoms with van der Waals surface area (Å²) in [6, 6.07) is 9.97. The number of esters is 1. The Morgan fingerprint density at radius 1 is 1.22 bits per heavy atom. The minimum Gasteiger partial charge on any atom is -0.464 e. The Balaban J connectivity index is 1.77. The van der Waals surface area contributed by atoms with Gasteiger partial charge in [0, 0.05) is 17.3 Å². The summed E-state index contributed by atoms with van der Waals surface area (Å²) in [6.45, 7) is 2.00. The Kier molecular flexibility index (Phi) is 4.02. The molecule has 0 spiro atoms. The molecular weight excluding hydrogens is 290 g/mol. The van der Waals surface area contributed by atoms with Crippen molar-refractivity contribution >= 4 is 22.7 Å². The molecule has 23 heavy (non-hydrogen) atoms. The molecule has 0 aliphatic rings. The van der Waals surface area contributed by atoms with Crippen LogP contribution in [0, 0.1) is 6.92 Å². The number of aryl methyl sites for hydroxylation is 3. The zero-order chi connectivity index (χ0) is 16.4. The van der Waals surface area contributed by atoms with Gasteiger partial charge in [-0.1, -0.05) is 12.1 Å². The third-order valence-electron chi connectivity index (χ3n) is 3.98. The normalized spacial score (nSPS) is 10.9. The fourth-order valence-corrected chi connectivity index (χ4v) is 2.55. The van der Waals surface area contributed by atoms with Gasteiger partial charge in [-0.2, -0.15) is 0 Å². The number of nitrogens with two attached hydrogens (primary N) is 1. The standard InChI is InChI=1S/C18H19N3O2/c1-11-3-4-12(8-15(11)19)5-6-13-7-14-9-16(18(22)23-2)21-17(14)20-10-13/h3-4,7-10H,5-6,19H2,1-2H3,(H,20,21). The summed E-state index contributed by atoms with van der Waals surface area (Å²) in [5.74, 6) is -0.389. The summed E-state index contributed by atoms with van der Waals surface area (Å²) in [4.78, 5) is 18.9. The number of nitrogens with zero attached hydrogens (tertiary/aromatic N) is 1. The Bertz CT molecular complexity index is 868. The van der Waals surface area contributed by atoms with E-state index in [1.165, 1.54) is 12.7 Å². The highest BCUT2D eigenvalue weighted by atomic mass is 16.5. The van der Waals surface area contributed by atoms with E-state index in [4.69, 9.17) is 10.5 Å². The van der Waals surface area contributed by atoms with E-state index in [9.17, 15) is 4.79 Å². The Hall–Kier alpha value is -2.82. The SMILES string of the molecule is COC(=O)c1cc2cc(CCc3ccc(C)c(N)c3)cnc2[nH]1. The van der Waals surface area contributed by atoms with E-state index in [0.717, 1.165) is 35.0 Å². The minimum absolute atomic E-state index is 0.389. The molecule has 3 aromatic rings. The largest absolute Gasteiger partial charge is 0.464 e. The van der Waals surface area contributed by atoms with E-state index in [1.807, 2.05) is 31.3 Å². The van der Waals surface area contributed by atoms with Gasteiger partial charge >= 0.3 is 5.97 Å². The van der Waals surface area contributed by atoms with Crippen LogP contribution in [0.15, 0.2) is 36.5 Å². The monoisotopic (exact) mass is 309 g/mol. The van der Waals surface area contributed by atoms with E-state index < -0.39 is 0 Å². The Labute approximate surface area is 134 Å². The van der Waals surface area contributed by atoms with Crippen molar-refractivity contribution in [3.63, 3.8) is 0 Å². The van der Waals surface area contributed by atoms with Gasteiger partial charge in [-0.25, -0.2) is 9.78 Å². The number of nitrogen functional groups attached to an aromatic ring is 1. The van der Waals surface area contributed by atoms with Crippen LogP contribution < -0.4 is 5.73 Å². The molecule has 0 aliphatic carbocycles. The van der Waals surface area contributed by atoms with E-state index in [1.54, 1.807) is 6.07 Å². The van der Waals surface area contributed by atoms with Crippen LogP contribution in [-0.2, 0) is 17.6 Å². The van der Waals surface area contributed by atoms with E-state index in [2.05, 4.69) is 16.0 Å². The molecule has 3 N–H and O–H groups in total. The van der Waals surface area contributed by atoms with Gasteiger partial charge in [-0.05, 0) is 54.7 Å². The number of methoxy groups -OCH3 is 1. The Morgan fingerprint density at radius 3 is 2.74 bits per heavy atom. The topological polar surface area (TPSA) is 81.0 Å². The van der Waals surface area contributed by atoms with Crippen molar-refractivity contribution in [1.29, 1.82) is 0 Å². The number of carbonyl (C=O) groups excluding carboxylic acids is 1. The van der Waals surface area contributed by atoms with Crippen molar-refractivity contribution in [2.24, 2.45) is 0 Å². The number of hydrogen-bond donors (Lipinski definition) is 2. The number of pyridine rings is 1. The summed E-state index contributed by atoms with van der Waals surface area (Å²) in [5.41, 5.74) is 11.3. The molecule has 0 saturated carbocycles. The van der Waals surface area contributed by atoms with Crippen LogP contribution in [0.4, 0.5) is 5.69 Å². The molecule has 118 valence electrons. The third kappa shape index (κ3) is 3.18. The average molecular weight is 309 g/mol. The summed E-state index contributed by atoms with van der Waals surface area (Å²) in [7, 11) is 1.36. The number of nitrogens with one attached hydrogen (secondary N) is 1. The van der Waals surface area contributed by atoms with Crippen molar-refractivity contribution in [1.82, 2.24) is 9.97 Å². The molecule has 2 heterocycles. The predicted molar refractivity (Wildman–Crippen MR) is 90.4 cm³/mol. The first-order valence-electron chi connectivity index (χ1n) is 7.48. The lowest BCUT2D eigenvalue weighted by atomic mass is 10.0. The van der Waals surface area contributed by atoms with Crippen LogP contribution in [0.2, 0.25) is 0 Å². The molecule has 5 nitrogen and oxygen atoms in total. The number of carbonyl (C=O) groups is 1. The van der Waals surface area contributed by atoms with Gasteiger partial charge < -0.3 is 15.5 Å². The second-order valence-corrected chi connectivity index (χ2v) is 5.65. The predicted octanol–water partition coefficient (Wildman–Crippen LogP) is 3.03. The van der Waals surface area contributed by atoms with Crippen LogP contribution in [-0.4, -0.2) is 23.0 Å². The lowest BCUT2D eigenvalue weighted by Gasteiger charge is -2.05. The first-order chi connectivity index (χ1) is 11.1. The molecule has 0 bridgehead atoms. The maximum Gasteiger partial charge on any atom is 0.354 e. The molecule has 1 aromatic carbocycles. The summed E-state index contributed by atoms with van der Waals surface area (Å²) < 4.78 is 4.71. The third-order valence-corrected chi connectivity index (χ3v) is 3.98. The highest BCUT2D eigenvalue weighted by Crippen LogP contribution is 2.18. The molecular formula is C18H19N3O2. The maximum absolute atomic E-state index is 11.5. The molecule has 0 atom stereocenters.